The van der Waals surface area contributed by atoms with Gasteiger partial charge in [0.2, 0.25) is 0 Å². The lowest BCUT2D eigenvalue weighted by Gasteiger charge is -1.98. The van der Waals surface area contributed by atoms with Crippen LogP contribution in [0, 0.1) is 6.92 Å². The molecule has 0 aliphatic rings. The molecule has 3 rings (SSSR count). The number of para-hydroxylation sites is 1. The Morgan fingerprint density at radius 2 is 1.76 bits per heavy atom. The van der Waals surface area contributed by atoms with Gasteiger partial charge < -0.3 is 4.42 Å². The highest BCUT2D eigenvalue weighted by Gasteiger charge is 2.11. The number of hydrogen-bond acceptors (Lipinski definition) is 3. The molecule has 5 heteroatoms. The molecule has 3 aromatic rings. The van der Waals surface area contributed by atoms with Gasteiger partial charge in [-0.05, 0) is 31.2 Å². The number of rotatable bonds is 3. The van der Waals surface area contributed by atoms with Gasteiger partial charge in [0.05, 0.1) is 11.1 Å². The summed E-state index contributed by atoms with van der Waals surface area (Å²) >= 11 is 0. The number of sulfonamides is 1. The fraction of sp³-hybridized carbons (Fsp3) is 0.0625. The summed E-state index contributed by atoms with van der Waals surface area (Å²) in [5.74, 6) is 0.409. The van der Waals surface area contributed by atoms with Gasteiger partial charge in [-0.25, -0.2) is 0 Å². The minimum Gasteiger partial charge on any atom is -0.455 e. The lowest BCUT2D eigenvalue weighted by atomic mass is 10.2. The molecule has 2 aromatic carbocycles. The molecule has 0 radical (unpaired) electrons. The Morgan fingerprint density at radius 1 is 1.05 bits per heavy atom. The summed E-state index contributed by atoms with van der Waals surface area (Å²) in [6.07, 6.45) is 1.23. The maximum Gasteiger partial charge on any atom is 0.282 e. The van der Waals surface area contributed by atoms with Crippen LogP contribution >= 0.6 is 0 Å². The average molecular weight is 299 g/mol. The number of hydrogen-bond donors (Lipinski definition) is 0. The normalized spacial score (nSPS) is 12.2. The Bertz CT molecular complexity index is 873. The Balaban J connectivity index is 1.92. The Morgan fingerprint density at radius 3 is 2.48 bits per heavy atom. The first-order chi connectivity index (χ1) is 10.0. The first-order valence-electron chi connectivity index (χ1n) is 6.40. The van der Waals surface area contributed by atoms with Crippen molar-refractivity contribution in [1.29, 1.82) is 0 Å². The van der Waals surface area contributed by atoms with Crippen molar-refractivity contribution in [3.63, 3.8) is 0 Å². The van der Waals surface area contributed by atoms with E-state index in [1.54, 1.807) is 30.3 Å². The molecule has 21 heavy (non-hydrogen) atoms. The van der Waals surface area contributed by atoms with E-state index in [0.29, 0.717) is 11.3 Å². The minimum absolute atomic E-state index is 0.167. The maximum absolute atomic E-state index is 12.1. The van der Waals surface area contributed by atoms with Gasteiger partial charge in [-0.2, -0.15) is 12.8 Å². The van der Waals surface area contributed by atoms with Crippen molar-refractivity contribution >= 4 is 27.2 Å². The molecule has 0 N–H and O–H groups in total. The second-order valence-corrected chi connectivity index (χ2v) is 6.34. The van der Waals surface area contributed by atoms with Gasteiger partial charge in [-0.3, -0.25) is 0 Å². The van der Waals surface area contributed by atoms with Crippen molar-refractivity contribution in [2.45, 2.75) is 11.8 Å². The van der Waals surface area contributed by atoms with Crippen molar-refractivity contribution in [2.24, 2.45) is 4.40 Å². The van der Waals surface area contributed by atoms with Gasteiger partial charge in [0, 0.05) is 5.39 Å². The van der Waals surface area contributed by atoms with Gasteiger partial charge in [-0.15, -0.1) is 0 Å². The third-order valence-corrected chi connectivity index (χ3v) is 4.33. The second-order valence-electron chi connectivity index (χ2n) is 4.71. The largest absolute Gasteiger partial charge is 0.455 e. The lowest BCUT2D eigenvalue weighted by Crippen LogP contribution is -1.97. The SMILES string of the molecule is Cc1ccc(S(=O)(=O)N=Cc2cc3ccccc3o2)cc1. The van der Waals surface area contributed by atoms with Gasteiger partial charge >= 0.3 is 0 Å². The van der Waals surface area contributed by atoms with Crippen LogP contribution in [-0.4, -0.2) is 14.6 Å². The van der Waals surface area contributed by atoms with E-state index in [0.717, 1.165) is 10.9 Å². The highest BCUT2D eigenvalue weighted by molar-refractivity contribution is 7.90. The molecule has 0 spiro atoms. The van der Waals surface area contributed by atoms with Crippen molar-refractivity contribution in [1.82, 2.24) is 0 Å². The third kappa shape index (κ3) is 2.87. The zero-order valence-corrected chi connectivity index (χ0v) is 12.2. The quantitative estimate of drug-likeness (QED) is 0.695. The Labute approximate surface area is 122 Å². The maximum atomic E-state index is 12.1. The predicted molar refractivity (Wildman–Crippen MR) is 82.2 cm³/mol. The van der Waals surface area contributed by atoms with Gasteiger partial charge in [0.25, 0.3) is 10.0 Å². The highest BCUT2D eigenvalue weighted by Crippen LogP contribution is 2.18. The fourth-order valence-electron chi connectivity index (χ4n) is 1.96. The molecular formula is C16H13NO3S. The Kier molecular flexibility index (Phi) is 3.35. The summed E-state index contributed by atoms with van der Waals surface area (Å²) in [4.78, 5) is 0.167. The standard InChI is InChI=1S/C16H13NO3S/c1-12-6-8-15(9-7-12)21(18,19)17-11-14-10-13-4-2-3-5-16(13)20-14/h2-11H,1H3. The van der Waals surface area contributed by atoms with Crippen molar-refractivity contribution in [2.75, 3.05) is 0 Å². The average Bonchev–Trinajstić information content (AvgIpc) is 2.89. The van der Waals surface area contributed by atoms with Crippen molar-refractivity contribution in [3.8, 4) is 0 Å². The van der Waals surface area contributed by atoms with E-state index < -0.39 is 10.0 Å². The predicted octanol–water partition coefficient (Wildman–Crippen LogP) is 3.55. The molecule has 1 heterocycles. The molecule has 1 aromatic heterocycles. The summed E-state index contributed by atoms with van der Waals surface area (Å²) in [5.41, 5.74) is 1.70. The monoisotopic (exact) mass is 299 g/mol. The van der Waals surface area contributed by atoms with Crippen molar-refractivity contribution in [3.05, 3.63) is 65.9 Å². The van der Waals surface area contributed by atoms with Crippen LogP contribution in [0.3, 0.4) is 0 Å². The Hall–Kier alpha value is -2.40. The smallest absolute Gasteiger partial charge is 0.282 e. The van der Waals surface area contributed by atoms with Crippen LogP contribution in [0.4, 0.5) is 0 Å². The number of fused-ring (bicyclic) bond motifs is 1. The van der Waals surface area contributed by atoms with E-state index in [9.17, 15) is 8.42 Å². The van der Waals surface area contributed by atoms with Crippen molar-refractivity contribution < 1.29 is 12.8 Å². The van der Waals surface area contributed by atoms with E-state index in [1.165, 1.54) is 6.21 Å². The molecular weight excluding hydrogens is 286 g/mol. The van der Waals surface area contributed by atoms with Crippen LogP contribution in [0.2, 0.25) is 0 Å². The summed E-state index contributed by atoms with van der Waals surface area (Å²) in [7, 11) is -3.70. The van der Waals surface area contributed by atoms with E-state index in [4.69, 9.17) is 4.42 Å². The molecule has 0 aliphatic heterocycles. The van der Waals surface area contributed by atoms with Gasteiger partial charge in [0.1, 0.15) is 11.3 Å². The van der Waals surface area contributed by atoms with Crippen LogP contribution in [0.5, 0.6) is 0 Å². The molecule has 0 amide bonds. The van der Waals surface area contributed by atoms with Crippen LogP contribution in [-0.2, 0) is 10.0 Å². The van der Waals surface area contributed by atoms with Crippen LogP contribution in [0.1, 0.15) is 11.3 Å². The molecule has 0 saturated heterocycles. The molecule has 0 bridgehead atoms. The third-order valence-electron chi connectivity index (χ3n) is 3.08. The van der Waals surface area contributed by atoms with Gasteiger partial charge in [0.15, 0.2) is 0 Å². The van der Waals surface area contributed by atoms with Crippen LogP contribution < -0.4 is 0 Å². The summed E-state index contributed by atoms with van der Waals surface area (Å²) in [5, 5.41) is 0.909. The minimum atomic E-state index is -3.70. The molecule has 0 atom stereocenters. The van der Waals surface area contributed by atoms with Crippen LogP contribution in [0.15, 0.2) is 68.3 Å². The summed E-state index contributed by atoms with van der Waals surface area (Å²) in [6.45, 7) is 1.90. The zero-order valence-electron chi connectivity index (χ0n) is 11.4. The molecule has 0 fully saturated rings. The van der Waals surface area contributed by atoms with E-state index in [-0.39, 0.29) is 4.90 Å². The number of nitrogens with zero attached hydrogens (tertiary/aromatic N) is 1. The molecule has 0 aliphatic carbocycles. The first kappa shape index (κ1) is 13.6. The molecule has 106 valence electrons. The molecule has 4 nitrogen and oxygen atoms in total. The van der Waals surface area contributed by atoms with Crippen LogP contribution in [0.25, 0.3) is 11.0 Å². The van der Waals surface area contributed by atoms with Gasteiger partial charge in [-0.1, -0.05) is 35.9 Å². The summed E-state index contributed by atoms with van der Waals surface area (Å²) in [6, 6.07) is 15.8. The molecule has 0 unspecified atom stereocenters. The highest BCUT2D eigenvalue weighted by atomic mass is 32.2. The fourth-order valence-corrected chi connectivity index (χ4v) is 2.80. The number of aryl methyl sites for hydroxylation is 1. The zero-order chi connectivity index (χ0) is 14.9. The lowest BCUT2D eigenvalue weighted by molar-refractivity contribution is 0.595. The number of furan rings is 1. The summed E-state index contributed by atoms with van der Waals surface area (Å²) < 4.78 is 33.4. The van der Waals surface area contributed by atoms with E-state index in [2.05, 4.69) is 4.40 Å². The second kappa shape index (κ2) is 5.18. The topological polar surface area (TPSA) is 59.6 Å². The molecule has 0 saturated carbocycles. The number of benzene rings is 2. The van der Waals surface area contributed by atoms with E-state index >= 15 is 0 Å². The first-order valence-corrected chi connectivity index (χ1v) is 7.84. The van der Waals surface area contributed by atoms with E-state index in [1.807, 2.05) is 31.2 Å².